The predicted octanol–water partition coefficient (Wildman–Crippen LogP) is 2.42. The van der Waals surface area contributed by atoms with Gasteiger partial charge in [-0.3, -0.25) is 4.98 Å². The highest BCUT2D eigenvalue weighted by atomic mass is 16.1. The van der Waals surface area contributed by atoms with E-state index in [1.807, 2.05) is 36.5 Å². The van der Waals surface area contributed by atoms with Gasteiger partial charge < -0.3 is 15.3 Å². The predicted molar refractivity (Wildman–Crippen MR) is 75.2 cm³/mol. The number of nitrogens with zero attached hydrogens (tertiary/aromatic N) is 1. The number of benzene rings is 1. The SMILES string of the molecule is CC(Nc1ccc2[nH]c(=O)[nH]c2c1)c1cccnc1. The summed E-state index contributed by atoms with van der Waals surface area (Å²) in [4.78, 5) is 20.8. The molecule has 5 nitrogen and oxygen atoms in total. The van der Waals surface area contributed by atoms with Crippen LogP contribution in [0.2, 0.25) is 0 Å². The molecule has 1 unspecified atom stereocenters. The molecule has 0 amide bonds. The summed E-state index contributed by atoms with van der Waals surface area (Å²) in [5.74, 6) is 0. The molecule has 3 aromatic rings. The number of aromatic amines is 2. The van der Waals surface area contributed by atoms with Crippen molar-refractivity contribution in [2.24, 2.45) is 0 Å². The molecule has 96 valence electrons. The second kappa shape index (κ2) is 4.61. The van der Waals surface area contributed by atoms with Crippen molar-refractivity contribution in [3.8, 4) is 0 Å². The highest BCUT2D eigenvalue weighted by molar-refractivity contribution is 5.78. The molecule has 5 heteroatoms. The second-order valence-electron chi connectivity index (χ2n) is 4.49. The number of imidazole rings is 1. The summed E-state index contributed by atoms with van der Waals surface area (Å²) in [6, 6.07) is 9.84. The molecular weight excluding hydrogens is 240 g/mol. The third kappa shape index (κ3) is 2.35. The molecule has 3 N–H and O–H groups in total. The number of rotatable bonds is 3. The summed E-state index contributed by atoms with van der Waals surface area (Å²) in [7, 11) is 0. The summed E-state index contributed by atoms with van der Waals surface area (Å²) in [6.07, 6.45) is 3.60. The third-order valence-electron chi connectivity index (χ3n) is 3.08. The minimum atomic E-state index is -0.188. The second-order valence-corrected chi connectivity index (χ2v) is 4.49. The smallest absolute Gasteiger partial charge is 0.323 e. The van der Waals surface area contributed by atoms with E-state index in [1.165, 1.54) is 0 Å². The average molecular weight is 254 g/mol. The van der Waals surface area contributed by atoms with E-state index in [2.05, 4.69) is 27.2 Å². The highest BCUT2D eigenvalue weighted by Crippen LogP contribution is 2.20. The number of H-pyrrole nitrogens is 2. The van der Waals surface area contributed by atoms with Crippen LogP contribution in [0, 0.1) is 0 Å². The maximum absolute atomic E-state index is 11.2. The topological polar surface area (TPSA) is 73.6 Å². The first-order valence-corrected chi connectivity index (χ1v) is 6.11. The molecule has 1 atom stereocenters. The maximum atomic E-state index is 11.2. The molecule has 0 bridgehead atoms. The Kier molecular flexibility index (Phi) is 2.79. The summed E-state index contributed by atoms with van der Waals surface area (Å²) in [6.45, 7) is 2.07. The number of pyridine rings is 1. The Morgan fingerprint density at radius 3 is 2.84 bits per heavy atom. The van der Waals surface area contributed by atoms with Crippen LogP contribution in [0.25, 0.3) is 11.0 Å². The lowest BCUT2D eigenvalue weighted by atomic mass is 10.1. The van der Waals surface area contributed by atoms with Crippen molar-refractivity contribution < 1.29 is 0 Å². The van der Waals surface area contributed by atoms with Crippen LogP contribution >= 0.6 is 0 Å². The van der Waals surface area contributed by atoms with Gasteiger partial charge in [-0.15, -0.1) is 0 Å². The van der Waals surface area contributed by atoms with Gasteiger partial charge in [-0.1, -0.05) is 6.07 Å². The minimum Gasteiger partial charge on any atom is -0.378 e. The van der Waals surface area contributed by atoms with Gasteiger partial charge in [0.05, 0.1) is 17.1 Å². The Morgan fingerprint density at radius 2 is 2.05 bits per heavy atom. The zero-order chi connectivity index (χ0) is 13.2. The molecule has 2 heterocycles. The van der Waals surface area contributed by atoms with Crippen molar-refractivity contribution in [2.45, 2.75) is 13.0 Å². The number of hydrogen-bond acceptors (Lipinski definition) is 3. The zero-order valence-corrected chi connectivity index (χ0v) is 10.5. The van der Waals surface area contributed by atoms with Crippen LogP contribution in [0.15, 0.2) is 47.5 Å². The number of nitrogens with one attached hydrogen (secondary N) is 3. The molecule has 0 spiro atoms. The van der Waals surface area contributed by atoms with Crippen LogP contribution in [-0.2, 0) is 0 Å². The van der Waals surface area contributed by atoms with E-state index in [9.17, 15) is 4.79 Å². The molecule has 1 aromatic carbocycles. The molecule has 2 aromatic heterocycles. The molecule has 0 aliphatic heterocycles. The summed E-state index contributed by atoms with van der Waals surface area (Å²) in [5, 5.41) is 3.38. The van der Waals surface area contributed by atoms with Crippen LogP contribution in [0.4, 0.5) is 5.69 Å². The first-order valence-electron chi connectivity index (χ1n) is 6.11. The molecule has 0 aliphatic rings. The molecule has 3 rings (SSSR count). The van der Waals surface area contributed by atoms with Gasteiger partial charge >= 0.3 is 5.69 Å². The Balaban J connectivity index is 1.87. The van der Waals surface area contributed by atoms with Crippen LogP contribution in [0.3, 0.4) is 0 Å². The van der Waals surface area contributed by atoms with Gasteiger partial charge in [0.1, 0.15) is 0 Å². The zero-order valence-electron chi connectivity index (χ0n) is 10.5. The van der Waals surface area contributed by atoms with Gasteiger partial charge in [-0.05, 0) is 36.8 Å². The van der Waals surface area contributed by atoms with E-state index in [4.69, 9.17) is 0 Å². The number of anilines is 1. The number of hydrogen-bond donors (Lipinski definition) is 3. The first-order chi connectivity index (χ1) is 9.22. The number of aromatic nitrogens is 3. The van der Waals surface area contributed by atoms with Crippen LogP contribution < -0.4 is 11.0 Å². The van der Waals surface area contributed by atoms with E-state index >= 15 is 0 Å². The van der Waals surface area contributed by atoms with Crippen molar-refractivity contribution in [1.29, 1.82) is 0 Å². The Labute approximate surface area is 109 Å². The minimum absolute atomic E-state index is 0.150. The number of fused-ring (bicyclic) bond motifs is 1. The summed E-state index contributed by atoms with van der Waals surface area (Å²) in [5.41, 5.74) is 3.50. The standard InChI is InChI=1S/C14H14N4O/c1-9(10-3-2-6-15-8-10)16-11-4-5-12-13(7-11)18-14(19)17-12/h2-9,16H,1H3,(H2,17,18,19). The van der Waals surface area contributed by atoms with E-state index in [-0.39, 0.29) is 11.7 Å². The molecule has 0 aliphatic carbocycles. The normalized spacial score (nSPS) is 12.5. The molecule has 0 fully saturated rings. The van der Waals surface area contributed by atoms with E-state index < -0.39 is 0 Å². The van der Waals surface area contributed by atoms with Crippen molar-refractivity contribution in [3.05, 3.63) is 58.8 Å². The lowest BCUT2D eigenvalue weighted by Crippen LogP contribution is -2.06. The average Bonchev–Trinajstić information content (AvgIpc) is 2.79. The van der Waals surface area contributed by atoms with E-state index in [1.54, 1.807) is 6.20 Å². The molecule has 19 heavy (non-hydrogen) atoms. The fourth-order valence-corrected chi connectivity index (χ4v) is 2.09. The van der Waals surface area contributed by atoms with Gasteiger partial charge in [0.15, 0.2) is 0 Å². The van der Waals surface area contributed by atoms with E-state index in [0.717, 1.165) is 22.3 Å². The maximum Gasteiger partial charge on any atom is 0.323 e. The molecular formula is C14H14N4O. The summed E-state index contributed by atoms with van der Waals surface area (Å²) >= 11 is 0. The fourth-order valence-electron chi connectivity index (χ4n) is 2.09. The van der Waals surface area contributed by atoms with Gasteiger partial charge in [-0.25, -0.2) is 4.79 Å². The first kappa shape index (κ1) is 11.5. The van der Waals surface area contributed by atoms with Gasteiger partial charge in [0, 0.05) is 18.1 Å². The Morgan fingerprint density at radius 1 is 1.21 bits per heavy atom. The Hall–Kier alpha value is -2.56. The fraction of sp³-hybridized carbons (Fsp3) is 0.143. The summed E-state index contributed by atoms with van der Waals surface area (Å²) < 4.78 is 0. The molecule has 0 saturated heterocycles. The lowest BCUT2D eigenvalue weighted by molar-refractivity contribution is 0.876. The van der Waals surface area contributed by atoms with Crippen LogP contribution in [-0.4, -0.2) is 15.0 Å². The van der Waals surface area contributed by atoms with Crippen molar-refractivity contribution in [1.82, 2.24) is 15.0 Å². The van der Waals surface area contributed by atoms with Crippen molar-refractivity contribution in [3.63, 3.8) is 0 Å². The van der Waals surface area contributed by atoms with Crippen LogP contribution in [0.5, 0.6) is 0 Å². The highest BCUT2D eigenvalue weighted by Gasteiger charge is 2.06. The quantitative estimate of drug-likeness (QED) is 0.672. The van der Waals surface area contributed by atoms with Gasteiger partial charge in [0.2, 0.25) is 0 Å². The molecule has 0 radical (unpaired) electrons. The van der Waals surface area contributed by atoms with Crippen molar-refractivity contribution >= 4 is 16.7 Å². The van der Waals surface area contributed by atoms with Gasteiger partial charge in [-0.2, -0.15) is 0 Å². The van der Waals surface area contributed by atoms with Crippen molar-refractivity contribution in [2.75, 3.05) is 5.32 Å². The third-order valence-corrected chi connectivity index (χ3v) is 3.08. The lowest BCUT2D eigenvalue weighted by Gasteiger charge is -2.15. The van der Waals surface area contributed by atoms with Gasteiger partial charge in [0.25, 0.3) is 0 Å². The molecule has 0 saturated carbocycles. The van der Waals surface area contributed by atoms with E-state index in [0.29, 0.717) is 0 Å². The monoisotopic (exact) mass is 254 g/mol. The largest absolute Gasteiger partial charge is 0.378 e. The Bertz CT molecular complexity index is 745. The van der Waals surface area contributed by atoms with Crippen LogP contribution in [0.1, 0.15) is 18.5 Å².